The minimum atomic E-state index is -0.302. The lowest BCUT2D eigenvalue weighted by molar-refractivity contribution is 0.0923. The molecule has 8 heteroatoms. The fraction of sp³-hybridized carbons (Fsp3) is 0.0909. The molecule has 148 valence electrons. The van der Waals surface area contributed by atoms with Crippen LogP contribution in [0.3, 0.4) is 0 Å². The lowest BCUT2D eigenvalue weighted by Crippen LogP contribution is -2.31. The van der Waals surface area contributed by atoms with E-state index in [4.69, 9.17) is 4.52 Å². The quantitative estimate of drug-likeness (QED) is 0.455. The predicted molar refractivity (Wildman–Crippen MR) is 110 cm³/mol. The number of hydrogen-bond donors (Lipinski definition) is 2. The van der Waals surface area contributed by atoms with Crippen LogP contribution in [-0.2, 0) is 6.54 Å². The molecule has 1 atom stereocenters. The molecule has 1 unspecified atom stereocenters. The summed E-state index contributed by atoms with van der Waals surface area (Å²) < 4.78 is 7.36. The number of benzene rings is 2. The maximum Gasteiger partial charge on any atom is 0.274 e. The number of hydrogen-bond acceptors (Lipinski definition) is 5. The van der Waals surface area contributed by atoms with Gasteiger partial charge in [0.05, 0.1) is 24.1 Å². The van der Waals surface area contributed by atoms with Crippen molar-refractivity contribution in [3.05, 3.63) is 90.8 Å². The van der Waals surface area contributed by atoms with Crippen LogP contribution in [-0.4, -0.2) is 30.8 Å². The van der Waals surface area contributed by atoms with Gasteiger partial charge in [-0.15, -0.1) is 0 Å². The number of carbonyl (C=O) groups is 1. The summed E-state index contributed by atoms with van der Waals surface area (Å²) in [7, 11) is 0. The molecule has 0 fully saturated rings. The zero-order valence-corrected chi connectivity index (χ0v) is 15.9. The Balaban J connectivity index is 1.38. The number of amides is 1. The van der Waals surface area contributed by atoms with Crippen LogP contribution in [0.5, 0.6) is 0 Å². The van der Waals surface area contributed by atoms with Crippen molar-refractivity contribution in [1.82, 2.24) is 30.2 Å². The van der Waals surface area contributed by atoms with E-state index in [-0.39, 0.29) is 17.6 Å². The number of rotatable bonds is 6. The first-order valence-electron chi connectivity index (χ1n) is 9.48. The summed E-state index contributed by atoms with van der Waals surface area (Å²) in [6.07, 6.45) is 7.04. The van der Waals surface area contributed by atoms with Crippen LogP contribution in [0.25, 0.3) is 22.2 Å². The molecule has 0 saturated heterocycles. The molecule has 3 heterocycles. The molecular weight excluding hydrogens is 380 g/mol. The Labute approximate surface area is 171 Å². The molecular formula is C22H18N6O2. The first-order chi connectivity index (χ1) is 14.8. The van der Waals surface area contributed by atoms with E-state index in [1.54, 1.807) is 24.8 Å². The van der Waals surface area contributed by atoms with Crippen LogP contribution in [0.1, 0.15) is 22.1 Å². The van der Waals surface area contributed by atoms with Gasteiger partial charge in [0.15, 0.2) is 11.5 Å². The zero-order valence-electron chi connectivity index (χ0n) is 15.9. The second-order valence-corrected chi connectivity index (χ2v) is 6.94. The lowest BCUT2D eigenvalue weighted by atomic mass is 10.1. The maximum absolute atomic E-state index is 12.9. The molecule has 0 bridgehead atoms. The van der Waals surface area contributed by atoms with Gasteiger partial charge < -0.3 is 14.4 Å². The summed E-state index contributed by atoms with van der Waals surface area (Å²) in [5.41, 5.74) is 2.98. The largest absolute Gasteiger partial charge is 0.355 e. The van der Waals surface area contributed by atoms with E-state index in [1.807, 2.05) is 59.3 Å². The lowest BCUT2D eigenvalue weighted by Gasteiger charge is -2.19. The van der Waals surface area contributed by atoms with E-state index >= 15 is 0 Å². The van der Waals surface area contributed by atoms with Gasteiger partial charge in [-0.2, -0.15) is 5.10 Å². The third-order valence-corrected chi connectivity index (χ3v) is 4.93. The summed E-state index contributed by atoms with van der Waals surface area (Å²) in [6, 6.07) is 17.0. The van der Waals surface area contributed by atoms with Gasteiger partial charge in [0.25, 0.3) is 5.91 Å². The fourth-order valence-electron chi connectivity index (χ4n) is 3.37. The number of nitrogens with one attached hydrogen (secondary N) is 2. The molecule has 0 radical (unpaired) electrons. The van der Waals surface area contributed by atoms with Crippen molar-refractivity contribution < 1.29 is 9.32 Å². The second kappa shape index (κ2) is 7.67. The van der Waals surface area contributed by atoms with Crippen LogP contribution >= 0.6 is 0 Å². The highest BCUT2D eigenvalue weighted by atomic mass is 16.5. The molecule has 0 aliphatic rings. The highest BCUT2D eigenvalue weighted by molar-refractivity contribution is 5.93. The van der Waals surface area contributed by atoms with Crippen molar-refractivity contribution >= 4 is 16.8 Å². The van der Waals surface area contributed by atoms with Crippen molar-refractivity contribution in [3.8, 4) is 11.3 Å². The third-order valence-electron chi connectivity index (χ3n) is 4.93. The Morgan fingerprint density at radius 2 is 2.07 bits per heavy atom. The number of nitrogens with zero attached hydrogens (tertiary/aromatic N) is 4. The van der Waals surface area contributed by atoms with Crippen molar-refractivity contribution in [3.63, 3.8) is 0 Å². The summed E-state index contributed by atoms with van der Waals surface area (Å²) >= 11 is 0. The van der Waals surface area contributed by atoms with Crippen molar-refractivity contribution in [1.29, 1.82) is 0 Å². The molecule has 0 spiro atoms. The molecule has 0 aliphatic heterocycles. The fourth-order valence-corrected chi connectivity index (χ4v) is 3.37. The zero-order chi connectivity index (χ0) is 20.3. The Kier molecular flexibility index (Phi) is 4.57. The number of aromatic nitrogens is 5. The van der Waals surface area contributed by atoms with Crippen LogP contribution in [0.4, 0.5) is 0 Å². The maximum atomic E-state index is 12.9. The second-order valence-electron chi connectivity index (χ2n) is 6.94. The van der Waals surface area contributed by atoms with Crippen molar-refractivity contribution in [2.45, 2.75) is 12.6 Å². The average molecular weight is 398 g/mol. The van der Waals surface area contributed by atoms with Gasteiger partial charge >= 0.3 is 0 Å². The van der Waals surface area contributed by atoms with Gasteiger partial charge in [0, 0.05) is 36.0 Å². The molecule has 30 heavy (non-hydrogen) atoms. The number of H-pyrrole nitrogens is 1. The highest BCUT2D eigenvalue weighted by Gasteiger charge is 2.20. The number of fused-ring (bicyclic) bond motifs is 1. The average Bonchev–Trinajstić information content (AvgIpc) is 3.54. The van der Waals surface area contributed by atoms with E-state index < -0.39 is 0 Å². The minimum Gasteiger partial charge on any atom is -0.355 e. The Morgan fingerprint density at radius 3 is 2.90 bits per heavy atom. The van der Waals surface area contributed by atoms with E-state index in [9.17, 15) is 4.79 Å². The van der Waals surface area contributed by atoms with Crippen LogP contribution in [0.2, 0.25) is 0 Å². The molecule has 3 aromatic heterocycles. The van der Waals surface area contributed by atoms with Crippen LogP contribution in [0.15, 0.2) is 84.0 Å². The monoisotopic (exact) mass is 398 g/mol. The predicted octanol–water partition coefficient (Wildman–Crippen LogP) is 3.59. The Hall–Kier alpha value is -4.20. The Morgan fingerprint density at radius 1 is 1.17 bits per heavy atom. The Bertz CT molecular complexity index is 1270. The third kappa shape index (κ3) is 3.58. The van der Waals surface area contributed by atoms with E-state index in [1.165, 1.54) is 0 Å². The van der Waals surface area contributed by atoms with Crippen molar-refractivity contribution in [2.24, 2.45) is 0 Å². The first kappa shape index (κ1) is 17.9. The van der Waals surface area contributed by atoms with Gasteiger partial charge in [-0.1, -0.05) is 35.5 Å². The topological polar surface area (TPSA) is 102 Å². The van der Waals surface area contributed by atoms with E-state index in [2.05, 4.69) is 25.7 Å². The van der Waals surface area contributed by atoms with Gasteiger partial charge in [0.1, 0.15) is 0 Å². The molecule has 1 amide bonds. The number of aromatic amines is 1. The molecule has 2 aromatic carbocycles. The van der Waals surface area contributed by atoms with Gasteiger partial charge in [-0.05, 0) is 23.8 Å². The highest BCUT2D eigenvalue weighted by Crippen LogP contribution is 2.24. The minimum absolute atomic E-state index is 0.226. The smallest absolute Gasteiger partial charge is 0.274 e. The first-order valence-corrected chi connectivity index (χ1v) is 9.48. The molecule has 8 nitrogen and oxygen atoms in total. The van der Waals surface area contributed by atoms with Crippen LogP contribution < -0.4 is 5.32 Å². The van der Waals surface area contributed by atoms with Gasteiger partial charge in [0.2, 0.25) is 0 Å². The molecule has 0 saturated carbocycles. The molecule has 2 N–H and O–H groups in total. The SMILES string of the molecule is O=C(NC(Cn1ccnc1)c1ccccc1)c1cc(-c2ccc3[nH]ncc3c2)on1. The van der Waals surface area contributed by atoms with Crippen molar-refractivity contribution in [2.75, 3.05) is 0 Å². The summed E-state index contributed by atoms with van der Waals surface area (Å²) in [4.78, 5) is 17.0. The molecule has 0 aliphatic carbocycles. The normalized spacial score (nSPS) is 12.1. The van der Waals surface area contributed by atoms with E-state index in [0.29, 0.717) is 12.3 Å². The molecule has 5 aromatic rings. The number of imidazole rings is 1. The number of carbonyl (C=O) groups excluding carboxylic acids is 1. The van der Waals surface area contributed by atoms with Crippen LogP contribution in [0, 0.1) is 0 Å². The summed E-state index contributed by atoms with van der Waals surface area (Å²) in [5, 5.41) is 14.9. The van der Waals surface area contributed by atoms with E-state index in [0.717, 1.165) is 22.0 Å². The van der Waals surface area contributed by atoms with Gasteiger partial charge in [-0.3, -0.25) is 9.89 Å². The standard InChI is InChI=1S/C22H18N6O2/c29-22(25-20(13-28-9-8-23-14-28)15-4-2-1-3-5-15)19-11-21(30-27-19)16-6-7-18-17(10-16)12-24-26-18/h1-12,14,20H,13H2,(H,24,26)(H,25,29). The summed E-state index contributed by atoms with van der Waals surface area (Å²) in [6.45, 7) is 0.553. The summed E-state index contributed by atoms with van der Waals surface area (Å²) in [5.74, 6) is 0.220. The van der Waals surface area contributed by atoms with Gasteiger partial charge in [-0.25, -0.2) is 4.98 Å². The molecule has 5 rings (SSSR count).